The van der Waals surface area contributed by atoms with Crippen molar-refractivity contribution in [2.45, 2.75) is 64.9 Å². The number of aliphatic hydroxyl groups excluding tert-OH is 1. The van der Waals surface area contributed by atoms with Crippen LogP contribution in [0, 0.1) is 25.7 Å². The summed E-state index contributed by atoms with van der Waals surface area (Å²) in [6.45, 7) is 4.16. The fourth-order valence-corrected chi connectivity index (χ4v) is 3.68. The van der Waals surface area contributed by atoms with Gasteiger partial charge in [0.2, 0.25) is 0 Å². The van der Waals surface area contributed by atoms with Crippen LogP contribution in [0.4, 0.5) is 0 Å². The van der Waals surface area contributed by atoms with Crippen LogP contribution in [0.15, 0.2) is 24.3 Å². The highest BCUT2D eigenvalue weighted by atomic mass is 16.4. The van der Waals surface area contributed by atoms with Crippen molar-refractivity contribution in [3.05, 3.63) is 41.0 Å². The van der Waals surface area contributed by atoms with Gasteiger partial charge in [0.25, 0.3) is 0 Å². The highest BCUT2D eigenvalue weighted by Gasteiger charge is 2.39. The standard InChI is InChI=1S/C22H30O4/c1-15-9-10-17(13-16(15)2)11-12-19-18(20(23)14-21(19)24)7-5-3-4-6-8-22(25)26/h9-13,18-19,21,24H,3-8,14H2,1-2H3,(H,25,26). The highest BCUT2D eigenvalue weighted by molar-refractivity contribution is 5.84. The van der Waals surface area contributed by atoms with Gasteiger partial charge in [-0.25, -0.2) is 0 Å². The second kappa shape index (κ2) is 9.67. The number of aryl methyl sites for hydroxylation is 2. The van der Waals surface area contributed by atoms with Gasteiger partial charge in [0.15, 0.2) is 0 Å². The first kappa shape index (κ1) is 20.4. The average Bonchev–Trinajstić information content (AvgIpc) is 2.85. The first-order chi connectivity index (χ1) is 12.4. The summed E-state index contributed by atoms with van der Waals surface area (Å²) in [6.07, 6.45) is 8.03. The molecule has 1 aliphatic rings. The van der Waals surface area contributed by atoms with Crippen LogP contribution >= 0.6 is 0 Å². The summed E-state index contributed by atoms with van der Waals surface area (Å²) >= 11 is 0. The smallest absolute Gasteiger partial charge is 0.303 e. The number of hydrogen-bond donors (Lipinski definition) is 2. The minimum absolute atomic E-state index is 0.118. The minimum Gasteiger partial charge on any atom is -0.481 e. The quantitative estimate of drug-likeness (QED) is 0.645. The molecule has 3 unspecified atom stereocenters. The summed E-state index contributed by atoms with van der Waals surface area (Å²) in [7, 11) is 0. The Morgan fingerprint density at radius 2 is 1.88 bits per heavy atom. The van der Waals surface area contributed by atoms with E-state index in [4.69, 9.17) is 5.11 Å². The Hall–Kier alpha value is -1.94. The van der Waals surface area contributed by atoms with Crippen LogP contribution in [0.5, 0.6) is 0 Å². The molecular formula is C22H30O4. The third-order valence-electron chi connectivity index (χ3n) is 5.43. The number of aliphatic carboxylic acids is 1. The zero-order valence-electron chi connectivity index (χ0n) is 15.8. The number of carboxylic acids is 1. The lowest BCUT2D eigenvalue weighted by Crippen LogP contribution is -2.18. The van der Waals surface area contributed by atoms with Crippen molar-refractivity contribution < 1.29 is 19.8 Å². The van der Waals surface area contributed by atoms with E-state index in [2.05, 4.69) is 32.0 Å². The maximum atomic E-state index is 12.2. The Morgan fingerprint density at radius 1 is 1.15 bits per heavy atom. The Bertz CT molecular complexity index is 662. The Balaban J connectivity index is 1.90. The molecule has 2 N–H and O–H groups in total. The second-order valence-electron chi connectivity index (χ2n) is 7.47. The fourth-order valence-electron chi connectivity index (χ4n) is 3.68. The SMILES string of the molecule is Cc1ccc(C=CC2C(O)CC(=O)C2CCCCCCC(=O)O)cc1C. The van der Waals surface area contributed by atoms with Gasteiger partial charge >= 0.3 is 5.97 Å². The second-order valence-corrected chi connectivity index (χ2v) is 7.47. The lowest BCUT2D eigenvalue weighted by atomic mass is 9.88. The maximum absolute atomic E-state index is 12.2. The summed E-state index contributed by atoms with van der Waals surface area (Å²) < 4.78 is 0. The van der Waals surface area contributed by atoms with E-state index < -0.39 is 12.1 Å². The van der Waals surface area contributed by atoms with Crippen LogP contribution < -0.4 is 0 Å². The molecule has 0 aromatic heterocycles. The number of unbranched alkanes of at least 4 members (excludes halogenated alkanes) is 3. The van der Waals surface area contributed by atoms with Crippen molar-refractivity contribution in [2.75, 3.05) is 0 Å². The van der Waals surface area contributed by atoms with E-state index in [1.54, 1.807) is 0 Å². The monoisotopic (exact) mass is 358 g/mol. The van der Waals surface area contributed by atoms with E-state index in [-0.39, 0.29) is 30.5 Å². The fraction of sp³-hybridized carbons (Fsp3) is 0.545. The van der Waals surface area contributed by atoms with Crippen LogP contribution in [0.2, 0.25) is 0 Å². The van der Waals surface area contributed by atoms with Crippen molar-refractivity contribution in [3.8, 4) is 0 Å². The van der Waals surface area contributed by atoms with Crippen molar-refractivity contribution in [1.82, 2.24) is 0 Å². The molecule has 1 fully saturated rings. The van der Waals surface area contributed by atoms with Gasteiger partial charge in [0.1, 0.15) is 5.78 Å². The van der Waals surface area contributed by atoms with Crippen molar-refractivity contribution in [3.63, 3.8) is 0 Å². The minimum atomic E-state index is -0.754. The molecule has 26 heavy (non-hydrogen) atoms. The lowest BCUT2D eigenvalue weighted by Gasteiger charge is -2.17. The number of Topliss-reactive ketones (excluding diaryl/α,β-unsaturated/α-hetero) is 1. The number of carbonyl (C=O) groups is 2. The molecule has 0 radical (unpaired) electrons. The molecule has 1 aromatic carbocycles. The molecule has 2 rings (SSSR count). The normalized spacial score (nSPS) is 23.0. The van der Waals surface area contributed by atoms with Crippen LogP contribution in [-0.2, 0) is 9.59 Å². The Labute approximate surface area is 155 Å². The van der Waals surface area contributed by atoms with Crippen molar-refractivity contribution in [1.29, 1.82) is 0 Å². The zero-order valence-corrected chi connectivity index (χ0v) is 15.8. The molecule has 0 amide bonds. The van der Waals surface area contributed by atoms with Crippen molar-refractivity contribution in [2.24, 2.45) is 11.8 Å². The number of benzene rings is 1. The predicted molar refractivity (Wildman–Crippen MR) is 103 cm³/mol. The lowest BCUT2D eigenvalue weighted by molar-refractivity contribution is -0.137. The first-order valence-electron chi connectivity index (χ1n) is 9.56. The molecule has 0 bridgehead atoms. The molecule has 1 aliphatic carbocycles. The van der Waals surface area contributed by atoms with Crippen LogP contribution in [0.3, 0.4) is 0 Å². The van der Waals surface area contributed by atoms with E-state index in [9.17, 15) is 14.7 Å². The van der Waals surface area contributed by atoms with Crippen LogP contribution in [0.1, 0.15) is 61.6 Å². The van der Waals surface area contributed by atoms with E-state index >= 15 is 0 Å². The van der Waals surface area contributed by atoms with Gasteiger partial charge < -0.3 is 10.2 Å². The number of carboxylic acid groups (broad SMARTS) is 1. The third kappa shape index (κ3) is 5.80. The van der Waals surface area contributed by atoms with Gasteiger partial charge in [-0.05, 0) is 43.4 Å². The topological polar surface area (TPSA) is 74.6 Å². The van der Waals surface area contributed by atoms with E-state index in [0.717, 1.165) is 31.2 Å². The van der Waals surface area contributed by atoms with Gasteiger partial charge in [-0.15, -0.1) is 0 Å². The van der Waals surface area contributed by atoms with Gasteiger partial charge in [0.05, 0.1) is 6.10 Å². The summed E-state index contributed by atoms with van der Waals surface area (Å²) in [4.78, 5) is 22.8. The number of rotatable bonds is 9. The molecule has 0 saturated heterocycles. The molecule has 142 valence electrons. The molecule has 4 heteroatoms. The predicted octanol–water partition coefficient (Wildman–Crippen LogP) is 4.31. The molecule has 1 saturated carbocycles. The van der Waals surface area contributed by atoms with Crippen LogP contribution in [-0.4, -0.2) is 28.1 Å². The molecule has 4 nitrogen and oxygen atoms in total. The number of hydrogen-bond acceptors (Lipinski definition) is 3. The maximum Gasteiger partial charge on any atom is 0.303 e. The Kier molecular flexibility index (Phi) is 7.58. The van der Waals surface area contributed by atoms with Crippen LogP contribution in [0.25, 0.3) is 6.08 Å². The first-order valence-corrected chi connectivity index (χ1v) is 9.56. The number of aliphatic hydroxyl groups is 1. The summed E-state index contributed by atoms with van der Waals surface area (Å²) in [5.41, 5.74) is 3.57. The van der Waals surface area contributed by atoms with E-state index in [1.807, 2.05) is 12.2 Å². The van der Waals surface area contributed by atoms with Gasteiger partial charge in [-0.3, -0.25) is 9.59 Å². The zero-order chi connectivity index (χ0) is 19.1. The highest BCUT2D eigenvalue weighted by Crippen LogP contribution is 2.34. The summed E-state index contributed by atoms with van der Waals surface area (Å²) in [5, 5.41) is 18.9. The number of ketones is 1. The molecule has 0 spiro atoms. The molecule has 0 aliphatic heterocycles. The largest absolute Gasteiger partial charge is 0.481 e. The molecular weight excluding hydrogens is 328 g/mol. The summed E-state index contributed by atoms with van der Waals surface area (Å²) in [6, 6.07) is 6.26. The molecule has 1 aromatic rings. The third-order valence-corrected chi connectivity index (χ3v) is 5.43. The average molecular weight is 358 g/mol. The molecule has 0 heterocycles. The number of carbonyl (C=O) groups excluding carboxylic acids is 1. The van der Waals surface area contributed by atoms with Gasteiger partial charge in [-0.1, -0.05) is 49.6 Å². The van der Waals surface area contributed by atoms with Gasteiger partial charge in [-0.2, -0.15) is 0 Å². The van der Waals surface area contributed by atoms with Crippen molar-refractivity contribution >= 4 is 17.8 Å². The Morgan fingerprint density at radius 3 is 2.58 bits per heavy atom. The van der Waals surface area contributed by atoms with E-state index in [0.29, 0.717) is 6.42 Å². The molecule has 3 atom stereocenters. The summed E-state index contributed by atoms with van der Waals surface area (Å²) in [5.74, 6) is -0.844. The van der Waals surface area contributed by atoms with E-state index in [1.165, 1.54) is 11.1 Å². The van der Waals surface area contributed by atoms with Gasteiger partial charge in [0, 0.05) is 24.7 Å².